The Labute approximate surface area is 458 Å². The molecule has 398 valence electrons. The summed E-state index contributed by atoms with van der Waals surface area (Å²) in [5.74, 6) is -4.88. The third kappa shape index (κ3) is 14.6. The van der Waals surface area contributed by atoms with Crippen LogP contribution < -0.4 is 0 Å². The predicted molar refractivity (Wildman–Crippen MR) is 301 cm³/mol. The molecule has 2 atom stereocenters. The number of hydrogen-bond acceptors (Lipinski definition) is 8. The monoisotopic (exact) mass is 1040 g/mol. The molecular weight excluding hydrogens is 973 g/mol. The molecule has 0 saturated carbocycles. The van der Waals surface area contributed by atoms with Gasteiger partial charge >= 0.3 is 11.9 Å². The van der Waals surface area contributed by atoms with E-state index < -0.39 is 59.6 Å². The topological polar surface area (TPSA) is 127 Å². The molecule has 2 aliphatic heterocycles. The van der Waals surface area contributed by atoms with Gasteiger partial charge in [0, 0.05) is 37.1 Å². The molecule has 0 aromatic heterocycles. The summed E-state index contributed by atoms with van der Waals surface area (Å²) in [6.07, 6.45) is 8.45. The van der Waals surface area contributed by atoms with E-state index in [1.165, 1.54) is 56.3 Å². The molecule has 0 bridgehead atoms. The Kier molecular flexibility index (Phi) is 19.0. The van der Waals surface area contributed by atoms with Crippen molar-refractivity contribution in [3.63, 3.8) is 0 Å². The van der Waals surface area contributed by atoms with Gasteiger partial charge in [0.05, 0.1) is 0 Å². The zero-order chi connectivity index (χ0) is 54.1. The smallest absolute Gasteiger partial charge is 0.329 e. The zero-order valence-electron chi connectivity index (χ0n) is 44.3. The van der Waals surface area contributed by atoms with E-state index in [1.54, 1.807) is 0 Å². The molecular formula is C68H68N2O8. The van der Waals surface area contributed by atoms with Crippen LogP contribution in [0.3, 0.4) is 0 Å². The van der Waals surface area contributed by atoms with Crippen molar-refractivity contribution < 1.29 is 38.2 Å². The minimum Gasteiger partial charge on any atom is -0.461 e. The maximum Gasteiger partial charge on any atom is 0.329 e. The highest BCUT2D eigenvalue weighted by Crippen LogP contribution is 2.29. The minimum absolute atomic E-state index is 0.000859. The lowest BCUT2D eigenvalue weighted by atomic mass is 9.92. The average molecular weight is 1040 g/mol. The van der Waals surface area contributed by atoms with Crippen LogP contribution in [-0.4, -0.2) is 69.4 Å². The zero-order valence-corrected chi connectivity index (χ0v) is 44.3. The number of Topliss-reactive ketones (excluding diaryl/α,β-unsaturated/α-hetero) is 2. The van der Waals surface area contributed by atoms with Gasteiger partial charge < -0.3 is 19.3 Å². The van der Waals surface area contributed by atoms with Gasteiger partial charge in [0.25, 0.3) is 11.8 Å². The number of hydrogen-bond donors (Lipinski definition) is 0. The molecule has 2 aliphatic rings. The Balaban J connectivity index is 0.900. The number of ether oxygens (including phenoxy) is 2. The standard InChI is InChI=1S/C68H68N2O8/c71-63(65(73)69-47-57-36-15-13-34-53(57)45-61(69)67(75)77-59(40-17-30-49-22-5-1-6-23-49)41-18-31-50-24-7-2-8-25-50)55-38-21-39-56(44-55)64(72)66(74)70-48-58-37-16-14-35-54(58)46-62(70)68(76)78-60(42-19-32-51-26-9-3-10-27-51)43-20-33-52-28-11-4-12-29-52/h1-16,21-29,34-39,44,59-62H,17-20,30-33,40-43,45-48H2/t61-,62-/m0/s1. The molecule has 0 unspecified atom stereocenters. The number of carbonyl (C=O) groups is 6. The molecule has 2 amide bonds. The van der Waals surface area contributed by atoms with E-state index >= 15 is 0 Å². The fourth-order valence-corrected chi connectivity index (χ4v) is 10.9. The fourth-order valence-electron chi connectivity index (χ4n) is 10.9. The predicted octanol–water partition coefficient (Wildman–Crippen LogP) is 11.9. The number of fused-ring (bicyclic) bond motifs is 2. The van der Waals surface area contributed by atoms with E-state index in [1.807, 2.05) is 121 Å². The highest BCUT2D eigenvalue weighted by Gasteiger charge is 2.41. The summed E-state index contributed by atoms with van der Waals surface area (Å²) in [6.45, 7) is -0.00172. The molecule has 0 spiro atoms. The van der Waals surface area contributed by atoms with Crippen LogP contribution in [0, 0.1) is 0 Å². The lowest BCUT2D eigenvalue weighted by Gasteiger charge is -2.36. The van der Waals surface area contributed by atoms with E-state index in [0.29, 0.717) is 25.7 Å². The molecule has 0 radical (unpaired) electrons. The maximum absolute atomic E-state index is 14.6. The van der Waals surface area contributed by atoms with Crippen LogP contribution in [0.15, 0.2) is 194 Å². The van der Waals surface area contributed by atoms with Crippen LogP contribution in [0.5, 0.6) is 0 Å². The van der Waals surface area contributed by atoms with Gasteiger partial charge in [-0.25, -0.2) is 9.59 Å². The number of aryl methyl sites for hydroxylation is 4. The van der Waals surface area contributed by atoms with Crippen LogP contribution in [0.25, 0.3) is 0 Å². The van der Waals surface area contributed by atoms with Crippen molar-refractivity contribution in [3.8, 4) is 0 Å². The lowest BCUT2D eigenvalue weighted by molar-refractivity contribution is -0.160. The molecule has 78 heavy (non-hydrogen) atoms. The maximum atomic E-state index is 14.6. The molecule has 7 aromatic carbocycles. The Hall–Kier alpha value is -8.24. The number of rotatable bonds is 24. The number of ketones is 2. The van der Waals surface area contributed by atoms with E-state index in [0.717, 1.165) is 73.6 Å². The van der Waals surface area contributed by atoms with Crippen molar-refractivity contribution in [3.05, 3.63) is 250 Å². The van der Waals surface area contributed by atoms with Gasteiger partial charge in [0.1, 0.15) is 24.3 Å². The highest BCUT2D eigenvalue weighted by molar-refractivity contribution is 6.45. The summed E-state index contributed by atoms with van der Waals surface area (Å²) in [5, 5.41) is 0. The van der Waals surface area contributed by atoms with E-state index in [9.17, 15) is 28.8 Å². The number of benzene rings is 7. The molecule has 0 fully saturated rings. The fraction of sp³-hybridized carbons (Fsp3) is 0.294. The number of nitrogens with zero attached hydrogens (tertiary/aromatic N) is 2. The van der Waals surface area contributed by atoms with Crippen molar-refractivity contribution >= 4 is 35.3 Å². The lowest BCUT2D eigenvalue weighted by Crippen LogP contribution is -2.52. The minimum atomic E-state index is -1.08. The second-order valence-corrected chi connectivity index (χ2v) is 20.7. The largest absolute Gasteiger partial charge is 0.461 e. The first-order valence-corrected chi connectivity index (χ1v) is 27.7. The SMILES string of the molecule is O=C(C(=O)N1Cc2ccccc2C[C@H]1C(=O)OC(CCCc1ccccc1)CCCc1ccccc1)c1cccc(C(=O)C(=O)N2Cc3ccccc3C[C@H]2C(=O)OC(CCCc2ccccc2)CCCc2ccccc2)c1. The molecule has 10 heteroatoms. The van der Waals surface area contributed by atoms with Crippen molar-refractivity contribution in [2.24, 2.45) is 0 Å². The molecule has 0 aliphatic carbocycles. The van der Waals surface area contributed by atoms with Crippen LogP contribution in [-0.2, 0) is 80.3 Å². The van der Waals surface area contributed by atoms with Gasteiger partial charge in [-0.05, 0) is 128 Å². The van der Waals surface area contributed by atoms with Crippen LogP contribution in [0.2, 0.25) is 0 Å². The summed E-state index contributed by atoms with van der Waals surface area (Å²) in [5.41, 5.74) is 7.95. The first-order chi connectivity index (χ1) is 38.2. The van der Waals surface area contributed by atoms with Crippen molar-refractivity contribution in [2.75, 3.05) is 0 Å². The molecule has 9 rings (SSSR count). The van der Waals surface area contributed by atoms with Crippen LogP contribution >= 0.6 is 0 Å². The van der Waals surface area contributed by atoms with Gasteiger partial charge in [-0.2, -0.15) is 0 Å². The molecule has 10 nitrogen and oxygen atoms in total. The summed E-state index contributed by atoms with van der Waals surface area (Å²) in [4.78, 5) is 89.6. The number of esters is 2. The van der Waals surface area contributed by atoms with Crippen LogP contribution in [0.4, 0.5) is 0 Å². The Morgan fingerprint density at radius 2 is 0.667 bits per heavy atom. The van der Waals surface area contributed by atoms with E-state index in [4.69, 9.17) is 9.47 Å². The number of amides is 2. The third-order valence-electron chi connectivity index (χ3n) is 15.2. The second-order valence-electron chi connectivity index (χ2n) is 20.7. The van der Waals surface area contributed by atoms with Gasteiger partial charge in [-0.15, -0.1) is 0 Å². The average Bonchev–Trinajstić information content (AvgIpc) is 3.55. The molecule has 0 saturated heterocycles. The highest BCUT2D eigenvalue weighted by atomic mass is 16.5. The summed E-state index contributed by atoms with van der Waals surface area (Å²) < 4.78 is 12.7. The third-order valence-corrected chi connectivity index (χ3v) is 15.2. The van der Waals surface area contributed by atoms with Crippen molar-refractivity contribution in [1.29, 1.82) is 0 Å². The number of carbonyl (C=O) groups excluding carboxylic acids is 6. The summed E-state index contributed by atoms with van der Waals surface area (Å²) in [6, 6.07) is 59.2. The van der Waals surface area contributed by atoms with Gasteiger partial charge in [-0.3, -0.25) is 19.2 Å². The molecule has 0 N–H and O–H groups in total. The normalized spacial score (nSPS) is 14.8. The van der Waals surface area contributed by atoms with Crippen molar-refractivity contribution in [1.82, 2.24) is 9.80 Å². The first-order valence-electron chi connectivity index (χ1n) is 27.7. The van der Waals surface area contributed by atoms with E-state index in [-0.39, 0.29) is 37.1 Å². The Morgan fingerprint density at radius 1 is 0.372 bits per heavy atom. The molecule has 7 aromatic rings. The Bertz CT molecular complexity index is 2850. The first kappa shape index (κ1) is 54.5. The van der Waals surface area contributed by atoms with Crippen LogP contribution in [0.1, 0.15) is 117 Å². The van der Waals surface area contributed by atoms with Gasteiger partial charge in [0.15, 0.2) is 0 Å². The second kappa shape index (κ2) is 27.2. The van der Waals surface area contributed by atoms with E-state index in [2.05, 4.69) is 48.5 Å². The summed E-state index contributed by atoms with van der Waals surface area (Å²) >= 11 is 0. The molecule has 2 heterocycles. The quantitative estimate of drug-likeness (QED) is 0.0333. The van der Waals surface area contributed by atoms with Crippen molar-refractivity contribution in [2.45, 2.75) is 127 Å². The summed E-state index contributed by atoms with van der Waals surface area (Å²) in [7, 11) is 0. The Morgan fingerprint density at radius 3 is 0.987 bits per heavy atom. The van der Waals surface area contributed by atoms with Gasteiger partial charge in [-0.1, -0.05) is 188 Å². The van der Waals surface area contributed by atoms with Gasteiger partial charge in [0.2, 0.25) is 11.6 Å².